The van der Waals surface area contributed by atoms with Gasteiger partial charge in [0.05, 0.1) is 13.2 Å². The highest BCUT2D eigenvalue weighted by molar-refractivity contribution is 5.87. The number of ether oxygens (including phenoxy) is 4. The normalized spacial score (nSPS) is 38.5. The average Bonchev–Trinajstić information content (AvgIpc) is 3.05. The summed E-state index contributed by atoms with van der Waals surface area (Å²) in [7, 11) is 0. The van der Waals surface area contributed by atoms with Crippen molar-refractivity contribution in [1.82, 2.24) is 0 Å². The summed E-state index contributed by atoms with van der Waals surface area (Å²) in [5, 5.41) is 59.0. The molecule has 0 aliphatic carbocycles. The largest absolute Gasteiger partial charge is 0.430 e. The van der Waals surface area contributed by atoms with Gasteiger partial charge in [0.1, 0.15) is 42.7 Å². The van der Waals surface area contributed by atoms with Crippen LogP contribution in [0.3, 0.4) is 0 Å². The predicted octanol–water partition coefficient (Wildman–Crippen LogP) is -2.49. The summed E-state index contributed by atoms with van der Waals surface area (Å²) >= 11 is 0. The Balaban J connectivity index is 1.57. The Labute approximate surface area is 177 Å². The lowest BCUT2D eigenvalue weighted by atomic mass is 9.99. The third-order valence-electron chi connectivity index (χ3n) is 5.04. The Morgan fingerprint density at radius 2 is 1.48 bits per heavy atom. The molecule has 1 aromatic carbocycles. The highest BCUT2D eigenvalue weighted by atomic mass is 16.7. The number of aliphatic hydroxyl groups is 6. The van der Waals surface area contributed by atoms with Gasteiger partial charge in [-0.2, -0.15) is 0 Å². The van der Waals surface area contributed by atoms with Gasteiger partial charge in [-0.3, -0.25) is 0 Å². The topological polar surface area (TPSA) is 175 Å². The minimum atomic E-state index is -1.71. The van der Waals surface area contributed by atoms with Crippen molar-refractivity contribution in [3.05, 3.63) is 42.0 Å². The second-order valence-corrected chi connectivity index (χ2v) is 7.24. The maximum absolute atomic E-state index is 12.1. The van der Waals surface area contributed by atoms with Crippen LogP contribution in [0.4, 0.5) is 0 Å². The van der Waals surface area contributed by atoms with Gasteiger partial charge in [-0.1, -0.05) is 30.3 Å². The van der Waals surface area contributed by atoms with Crippen LogP contribution >= 0.6 is 0 Å². The van der Waals surface area contributed by atoms with Crippen LogP contribution in [-0.4, -0.2) is 105 Å². The van der Waals surface area contributed by atoms with Gasteiger partial charge in [-0.25, -0.2) is 4.79 Å². The Morgan fingerprint density at radius 3 is 2.13 bits per heavy atom. The van der Waals surface area contributed by atoms with Gasteiger partial charge in [0.2, 0.25) is 6.29 Å². The smallest absolute Gasteiger partial charge is 0.333 e. The monoisotopic (exact) mass is 442 g/mol. The molecule has 9 unspecified atom stereocenters. The molecule has 0 bridgehead atoms. The Hall–Kier alpha value is -1.93. The van der Waals surface area contributed by atoms with E-state index in [9.17, 15) is 30.3 Å². The summed E-state index contributed by atoms with van der Waals surface area (Å²) in [5.74, 6) is -0.848. The number of carbonyl (C=O) groups is 1. The third-order valence-corrected chi connectivity index (χ3v) is 5.04. The average molecular weight is 442 g/mol. The van der Waals surface area contributed by atoms with Gasteiger partial charge in [0.25, 0.3) is 0 Å². The molecule has 9 atom stereocenters. The van der Waals surface area contributed by atoms with Crippen molar-refractivity contribution in [2.45, 2.75) is 55.3 Å². The van der Waals surface area contributed by atoms with Crippen molar-refractivity contribution in [3.8, 4) is 0 Å². The van der Waals surface area contributed by atoms with Gasteiger partial charge in [-0.15, -0.1) is 0 Å². The van der Waals surface area contributed by atoms with Crippen LogP contribution in [-0.2, 0) is 23.7 Å². The molecule has 0 spiro atoms. The molecule has 2 aliphatic rings. The van der Waals surface area contributed by atoms with E-state index in [1.54, 1.807) is 24.3 Å². The minimum absolute atomic E-state index is 0.439. The first-order valence-corrected chi connectivity index (χ1v) is 9.69. The highest BCUT2D eigenvalue weighted by Gasteiger charge is 2.47. The fourth-order valence-corrected chi connectivity index (χ4v) is 3.23. The molecule has 0 radical (unpaired) electrons. The van der Waals surface area contributed by atoms with Crippen molar-refractivity contribution in [1.29, 1.82) is 0 Å². The second-order valence-electron chi connectivity index (χ2n) is 7.24. The van der Waals surface area contributed by atoms with Gasteiger partial charge in [0, 0.05) is 6.08 Å². The Kier molecular flexibility index (Phi) is 8.11. The van der Waals surface area contributed by atoms with Crippen LogP contribution in [0.5, 0.6) is 0 Å². The molecular weight excluding hydrogens is 416 g/mol. The number of aliphatic hydroxyl groups excluding tert-OH is 6. The first-order valence-electron chi connectivity index (χ1n) is 9.69. The van der Waals surface area contributed by atoms with Crippen LogP contribution in [0.1, 0.15) is 5.56 Å². The van der Waals surface area contributed by atoms with Crippen molar-refractivity contribution < 1.29 is 54.4 Å². The molecule has 2 aliphatic heterocycles. The summed E-state index contributed by atoms with van der Waals surface area (Å²) in [6.07, 6.45) is -10.4. The summed E-state index contributed by atoms with van der Waals surface area (Å²) < 4.78 is 20.9. The highest BCUT2D eigenvalue weighted by Crippen LogP contribution is 2.26. The number of carbonyl (C=O) groups excluding carboxylic acids is 1. The Bertz CT molecular complexity index is 742. The van der Waals surface area contributed by atoms with E-state index in [1.807, 2.05) is 6.07 Å². The molecule has 11 nitrogen and oxygen atoms in total. The molecular formula is C20H26O11. The number of rotatable bonds is 7. The third kappa shape index (κ3) is 5.66. The van der Waals surface area contributed by atoms with Crippen molar-refractivity contribution >= 4 is 12.0 Å². The van der Waals surface area contributed by atoms with E-state index in [2.05, 4.69) is 0 Å². The molecule has 0 aromatic heterocycles. The van der Waals surface area contributed by atoms with Gasteiger partial charge >= 0.3 is 5.97 Å². The molecule has 1 aromatic rings. The van der Waals surface area contributed by atoms with Crippen LogP contribution < -0.4 is 0 Å². The van der Waals surface area contributed by atoms with E-state index in [0.717, 1.165) is 11.6 Å². The van der Waals surface area contributed by atoms with Crippen LogP contribution in [0.25, 0.3) is 6.08 Å². The van der Waals surface area contributed by atoms with Gasteiger partial charge in [0.15, 0.2) is 6.29 Å². The standard InChI is InChI=1S/C20H26O11/c21-8-11-14(23)17(26)19(29-11)28-9-12-15(24)16(25)18(27)20(30-12)31-13(22)7-6-10-4-2-1-3-5-10/h1-7,11-12,14-21,23-27H,8-9H2. The number of benzene rings is 1. The molecule has 0 amide bonds. The lowest BCUT2D eigenvalue weighted by Gasteiger charge is -2.39. The second kappa shape index (κ2) is 10.6. The van der Waals surface area contributed by atoms with E-state index in [0.29, 0.717) is 0 Å². The molecule has 3 rings (SSSR count). The molecule has 31 heavy (non-hydrogen) atoms. The van der Waals surface area contributed by atoms with E-state index in [4.69, 9.17) is 24.1 Å². The van der Waals surface area contributed by atoms with E-state index in [1.165, 1.54) is 6.08 Å². The zero-order valence-electron chi connectivity index (χ0n) is 16.4. The zero-order valence-corrected chi connectivity index (χ0v) is 16.4. The zero-order chi connectivity index (χ0) is 22.5. The summed E-state index contributed by atoms with van der Waals surface area (Å²) in [6, 6.07) is 8.92. The maximum Gasteiger partial charge on any atom is 0.333 e. The maximum atomic E-state index is 12.1. The minimum Gasteiger partial charge on any atom is -0.430 e. The number of esters is 1. The first-order chi connectivity index (χ1) is 14.8. The summed E-state index contributed by atoms with van der Waals surface area (Å²) in [5.41, 5.74) is 0.741. The molecule has 172 valence electrons. The molecule has 2 saturated heterocycles. The SMILES string of the molecule is O=C(C=Cc1ccccc1)OC1OC(COC2OC(CO)C(O)C2O)C(O)C(O)C1O. The van der Waals surface area contributed by atoms with E-state index in [-0.39, 0.29) is 0 Å². The molecule has 2 heterocycles. The lowest BCUT2D eigenvalue weighted by Crippen LogP contribution is -2.59. The van der Waals surface area contributed by atoms with Crippen LogP contribution in [0.2, 0.25) is 0 Å². The molecule has 6 N–H and O–H groups in total. The Morgan fingerprint density at radius 1 is 0.871 bits per heavy atom. The lowest BCUT2D eigenvalue weighted by molar-refractivity contribution is -0.301. The van der Waals surface area contributed by atoms with E-state index < -0.39 is 74.5 Å². The molecule has 2 fully saturated rings. The first kappa shape index (κ1) is 23.7. The predicted molar refractivity (Wildman–Crippen MR) is 102 cm³/mol. The number of hydrogen-bond donors (Lipinski definition) is 6. The summed E-state index contributed by atoms with van der Waals surface area (Å²) in [6.45, 7) is -0.981. The number of hydrogen-bond acceptors (Lipinski definition) is 11. The van der Waals surface area contributed by atoms with E-state index >= 15 is 0 Å². The fourth-order valence-electron chi connectivity index (χ4n) is 3.23. The molecule has 0 saturated carbocycles. The van der Waals surface area contributed by atoms with Crippen LogP contribution in [0, 0.1) is 0 Å². The van der Waals surface area contributed by atoms with Crippen LogP contribution in [0.15, 0.2) is 36.4 Å². The quantitative estimate of drug-likeness (QED) is 0.195. The summed E-state index contributed by atoms with van der Waals surface area (Å²) in [4.78, 5) is 12.1. The van der Waals surface area contributed by atoms with Crippen molar-refractivity contribution in [2.75, 3.05) is 13.2 Å². The van der Waals surface area contributed by atoms with Crippen molar-refractivity contribution in [3.63, 3.8) is 0 Å². The van der Waals surface area contributed by atoms with Gasteiger partial charge in [-0.05, 0) is 11.6 Å². The van der Waals surface area contributed by atoms with Crippen molar-refractivity contribution in [2.24, 2.45) is 0 Å². The fraction of sp³-hybridized carbons (Fsp3) is 0.550. The van der Waals surface area contributed by atoms with Gasteiger partial charge < -0.3 is 49.6 Å². The molecule has 11 heteroatoms.